The molecule has 0 N–H and O–H groups in total. The van der Waals surface area contributed by atoms with Gasteiger partial charge in [-0.25, -0.2) is 0 Å². The highest BCUT2D eigenvalue weighted by atomic mass is 32.1. The number of hydrogen-bond acceptors (Lipinski definition) is 3. The van der Waals surface area contributed by atoms with Gasteiger partial charge in [0.1, 0.15) is 0 Å². The van der Waals surface area contributed by atoms with E-state index in [1.54, 1.807) is 19.9 Å². The SMILES string of the molecule is C/C=C\OC(=O)C(C)S. The summed E-state index contributed by atoms with van der Waals surface area (Å²) in [5.74, 6) is -0.323. The van der Waals surface area contributed by atoms with Crippen molar-refractivity contribution >= 4 is 18.6 Å². The number of allylic oxidation sites excluding steroid dienone is 1. The van der Waals surface area contributed by atoms with E-state index in [4.69, 9.17) is 0 Å². The number of hydrogen-bond donors (Lipinski definition) is 1. The lowest BCUT2D eigenvalue weighted by atomic mass is 10.5. The Bertz CT molecular complexity index is 118. The van der Waals surface area contributed by atoms with Gasteiger partial charge in [0.05, 0.1) is 11.5 Å². The second kappa shape index (κ2) is 4.44. The maximum atomic E-state index is 10.6. The van der Waals surface area contributed by atoms with Crippen molar-refractivity contribution in [2.45, 2.75) is 19.1 Å². The molecular weight excluding hydrogens is 136 g/mol. The summed E-state index contributed by atoms with van der Waals surface area (Å²) in [5, 5.41) is -0.346. The van der Waals surface area contributed by atoms with Crippen LogP contribution >= 0.6 is 12.6 Å². The quantitative estimate of drug-likeness (QED) is 0.362. The van der Waals surface area contributed by atoms with Crippen LogP contribution < -0.4 is 0 Å². The number of carbonyl (C=O) groups excluding carboxylic acids is 1. The van der Waals surface area contributed by atoms with Gasteiger partial charge in [-0.1, -0.05) is 6.08 Å². The molecular formula is C6H10O2S. The van der Waals surface area contributed by atoms with Crippen molar-refractivity contribution in [1.29, 1.82) is 0 Å². The highest BCUT2D eigenvalue weighted by Crippen LogP contribution is 1.95. The van der Waals surface area contributed by atoms with E-state index in [9.17, 15) is 4.79 Å². The second-order valence-electron chi connectivity index (χ2n) is 1.58. The van der Waals surface area contributed by atoms with E-state index in [2.05, 4.69) is 17.4 Å². The van der Waals surface area contributed by atoms with E-state index in [0.717, 1.165) is 0 Å². The van der Waals surface area contributed by atoms with Crippen LogP contribution in [-0.4, -0.2) is 11.2 Å². The Labute approximate surface area is 60.3 Å². The van der Waals surface area contributed by atoms with Gasteiger partial charge in [-0.05, 0) is 13.8 Å². The summed E-state index contributed by atoms with van der Waals surface area (Å²) in [6, 6.07) is 0. The zero-order valence-corrected chi connectivity index (χ0v) is 6.39. The van der Waals surface area contributed by atoms with Crippen LogP contribution in [0.3, 0.4) is 0 Å². The van der Waals surface area contributed by atoms with Crippen LogP contribution in [0.2, 0.25) is 0 Å². The van der Waals surface area contributed by atoms with Crippen molar-refractivity contribution in [2.75, 3.05) is 0 Å². The van der Waals surface area contributed by atoms with Crippen molar-refractivity contribution in [3.8, 4) is 0 Å². The fraction of sp³-hybridized carbons (Fsp3) is 0.500. The number of rotatable bonds is 2. The van der Waals surface area contributed by atoms with Crippen LogP contribution in [0.15, 0.2) is 12.3 Å². The summed E-state index contributed by atoms with van der Waals surface area (Å²) in [4.78, 5) is 10.6. The Morgan fingerprint density at radius 3 is 2.67 bits per heavy atom. The maximum Gasteiger partial charge on any atom is 0.323 e. The molecule has 9 heavy (non-hydrogen) atoms. The van der Waals surface area contributed by atoms with Crippen LogP contribution in [0.5, 0.6) is 0 Å². The maximum absolute atomic E-state index is 10.6. The zero-order valence-electron chi connectivity index (χ0n) is 5.50. The summed E-state index contributed by atoms with van der Waals surface area (Å²) in [6.45, 7) is 3.44. The smallest absolute Gasteiger partial charge is 0.323 e. The van der Waals surface area contributed by atoms with Crippen LogP contribution in [0, 0.1) is 0 Å². The summed E-state index contributed by atoms with van der Waals surface area (Å²) in [5.41, 5.74) is 0. The first kappa shape index (κ1) is 8.56. The molecule has 0 fully saturated rings. The minimum Gasteiger partial charge on any atom is -0.434 e. The van der Waals surface area contributed by atoms with Gasteiger partial charge in [0.25, 0.3) is 0 Å². The Balaban J connectivity index is 3.51. The molecule has 52 valence electrons. The molecule has 0 aliphatic rings. The highest BCUT2D eigenvalue weighted by Gasteiger charge is 2.05. The lowest BCUT2D eigenvalue weighted by Gasteiger charge is -1.98. The minimum absolute atomic E-state index is 0.323. The number of esters is 1. The third-order valence-corrected chi connectivity index (χ3v) is 0.872. The van der Waals surface area contributed by atoms with Gasteiger partial charge in [-0.15, -0.1) is 0 Å². The minimum atomic E-state index is -0.346. The van der Waals surface area contributed by atoms with E-state index in [-0.39, 0.29) is 11.2 Å². The summed E-state index contributed by atoms with van der Waals surface area (Å²) < 4.78 is 4.56. The van der Waals surface area contributed by atoms with E-state index in [0.29, 0.717) is 0 Å². The van der Waals surface area contributed by atoms with Crippen molar-refractivity contribution in [3.05, 3.63) is 12.3 Å². The fourth-order valence-electron chi connectivity index (χ4n) is 0.234. The average molecular weight is 146 g/mol. The molecule has 0 aromatic heterocycles. The molecule has 1 atom stereocenters. The largest absolute Gasteiger partial charge is 0.434 e. The third kappa shape index (κ3) is 4.09. The number of thiol groups is 1. The van der Waals surface area contributed by atoms with Gasteiger partial charge >= 0.3 is 5.97 Å². The molecule has 0 spiro atoms. The number of carbonyl (C=O) groups is 1. The summed E-state index contributed by atoms with van der Waals surface area (Å²) >= 11 is 3.86. The monoisotopic (exact) mass is 146 g/mol. The van der Waals surface area contributed by atoms with Crippen LogP contribution in [0.4, 0.5) is 0 Å². The van der Waals surface area contributed by atoms with Crippen molar-refractivity contribution in [3.63, 3.8) is 0 Å². The van der Waals surface area contributed by atoms with Gasteiger partial charge in [-0.2, -0.15) is 12.6 Å². The van der Waals surface area contributed by atoms with Crippen LogP contribution in [0.25, 0.3) is 0 Å². The molecule has 0 bridgehead atoms. The van der Waals surface area contributed by atoms with E-state index in [1.807, 2.05) is 0 Å². The topological polar surface area (TPSA) is 26.3 Å². The summed E-state index contributed by atoms with van der Waals surface area (Å²) in [6.07, 6.45) is 2.99. The van der Waals surface area contributed by atoms with Crippen molar-refractivity contribution < 1.29 is 9.53 Å². The molecule has 0 saturated heterocycles. The molecule has 0 aromatic rings. The molecule has 2 nitrogen and oxygen atoms in total. The Hall–Kier alpha value is -0.440. The molecule has 0 heterocycles. The Morgan fingerprint density at radius 2 is 2.33 bits per heavy atom. The molecule has 0 rings (SSSR count). The standard InChI is InChI=1S/C6H10O2S/c1-3-4-8-6(7)5(2)9/h3-5,9H,1-2H3/b4-3-. The highest BCUT2D eigenvalue weighted by molar-refractivity contribution is 7.81. The van der Waals surface area contributed by atoms with Gasteiger partial charge < -0.3 is 4.74 Å². The molecule has 0 amide bonds. The van der Waals surface area contributed by atoms with E-state index in [1.165, 1.54) is 6.26 Å². The van der Waals surface area contributed by atoms with Crippen molar-refractivity contribution in [2.24, 2.45) is 0 Å². The van der Waals surface area contributed by atoms with Gasteiger partial charge in [0, 0.05) is 0 Å². The fourth-order valence-corrected chi connectivity index (χ4v) is 0.294. The average Bonchev–Trinajstić information content (AvgIpc) is 1.82. The molecule has 1 unspecified atom stereocenters. The third-order valence-electron chi connectivity index (χ3n) is 0.661. The molecule has 0 aliphatic carbocycles. The summed E-state index contributed by atoms with van der Waals surface area (Å²) in [7, 11) is 0. The predicted octanol–water partition coefficient (Wildman–Crippen LogP) is 1.38. The first-order valence-electron chi connectivity index (χ1n) is 2.68. The first-order chi connectivity index (χ1) is 4.18. The van der Waals surface area contributed by atoms with E-state index < -0.39 is 0 Å². The van der Waals surface area contributed by atoms with Gasteiger partial charge in [0.2, 0.25) is 0 Å². The molecule has 0 radical (unpaired) electrons. The molecule has 0 saturated carbocycles. The predicted molar refractivity (Wildman–Crippen MR) is 39.4 cm³/mol. The zero-order chi connectivity index (χ0) is 7.28. The van der Waals surface area contributed by atoms with E-state index >= 15 is 0 Å². The molecule has 0 aromatic carbocycles. The van der Waals surface area contributed by atoms with Gasteiger partial charge in [0.15, 0.2) is 0 Å². The molecule has 3 heteroatoms. The van der Waals surface area contributed by atoms with Crippen molar-refractivity contribution in [1.82, 2.24) is 0 Å². The van der Waals surface area contributed by atoms with Gasteiger partial charge in [-0.3, -0.25) is 4.79 Å². The lowest BCUT2D eigenvalue weighted by molar-refractivity contribution is -0.137. The second-order valence-corrected chi connectivity index (χ2v) is 2.36. The normalized spacial score (nSPS) is 13.7. The Morgan fingerprint density at radius 1 is 1.78 bits per heavy atom. The first-order valence-corrected chi connectivity index (χ1v) is 3.20. The lowest BCUT2D eigenvalue weighted by Crippen LogP contribution is -2.10. The van der Waals surface area contributed by atoms with Crippen LogP contribution in [-0.2, 0) is 9.53 Å². The molecule has 0 aliphatic heterocycles. The number of ether oxygens (including phenoxy) is 1. The Kier molecular flexibility index (Phi) is 4.22. The van der Waals surface area contributed by atoms with Crippen LogP contribution in [0.1, 0.15) is 13.8 Å².